The number of halogens is 28. The molecule has 0 aromatic rings. The Labute approximate surface area is 357 Å². The van der Waals surface area contributed by atoms with Crippen molar-refractivity contribution < 1.29 is 114 Å². The molecule has 0 bridgehead atoms. The number of alkyl halides is 28. The van der Waals surface area contributed by atoms with Crippen LogP contribution in [0.5, 0.6) is 0 Å². The van der Waals surface area contributed by atoms with Gasteiger partial charge in [-0.05, 0) is 19.3 Å². The number of allylic oxidation sites excluding steroid dienone is 1. The van der Waals surface area contributed by atoms with Gasteiger partial charge in [-0.1, -0.05) is 87.5 Å². The van der Waals surface area contributed by atoms with Crippen LogP contribution in [-0.2, 0) is 0 Å². The van der Waals surface area contributed by atoms with E-state index in [9.17, 15) is 114 Å². The zero-order valence-corrected chi connectivity index (χ0v) is 35.3. The molecule has 59 heavy (non-hydrogen) atoms. The topological polar surface area (TPSA) is 23.9 Å². The Morgan fingerprint density at radius 3 is 1.03 bits per heavy atom. The fraction of sp³-hybridized carbons (Fsp3) is 0.929. The molecule has 0 fully saturated rings. The normalized spacial score (nSPS) is 14.7. The first-order valence-electron chi connectivity index (χ1n) is 15.5. The zero-order valence-electron chi connectivity index (χ0n) is 29.9. The van der Waals surface area contributed by atoms with E-state index in [1.807, 2.05) is 6.08 Å². The molecule has 0 saturated carbocycles. The standard InChI is InChI=1S/C14H16F13I.C8H16.C6F13I.Al.B.HN/c1-2-3-4-5-6-8(28)7-9(15,16)10(17,18)11(19,20)12(21,22)13(23,24)14(25,26)27;1-3-5-7-8-6-4-2;7-1(8,3(11,12)5(15,16)17)2(9,10)4(13,14)6(18,19)20;;;/h8H,2-7H2,1H3;3H,1,4-8H2,2H3;;;;1H. The quantitative estimate of drug-likeness (QED) is 0.0314. The van der Waals surface area contributed by atoms with E-state index < -0.39 is 103 Å². The van der Waals surface area contributed by atoms with E-state index in [4.69, 9.17) is 4.35 Å². The molecule has 0 saturated heterocycles. The van der Waals surface area contributed by atoms with Gasteiger partial charge in [-0.15, -0.1) is 6.58 Å². The Balaban J connectivity index is -0.000000272. The Morgan fingerprint density at radius 2 is 0.763 bits per heavy atom. The van der Waals surface area contributed by atoms with E-state index in [1.54, 1.807) is 23.0 Å². The van der Waals surface area contributed by atoms with E-state index >= 15 is 0 Å². The van der Waals surface area contributed by atoms with Crippen molar-refractivity contribution in [2.45, 2.75) is 158 Å². The van der Waals surface area contributed by atoms with Gasteiger partial charge in [0.25, 0.3) is 0 Å². The summed E-state index contributed by atoms with van der Waals surface area (Å²) in [7, 11) is 0. The van der Waals surface area contributed by atoms with Gasteiger partial charge < -0.3 is 0 Å². The summed E-state index contributed by atoms with van der Waals surface area (Å²) in [6, 6.07) is 0. The summed E-state index contributed by atoms with van der Waals surface area (Å²) in [4.78, 5) is 0. The van der Waals surface area contributed by atoms with Crippen LogP contribution in [0.2, 0.25) is 0 Å². The number of unbranched alkanes of at least 4 members (excludes halogenated alkanes) is 7. The van der Waals surface area contributed by atoms with Crippen LogP contribution in [0.25, 0.3) is 0 Å². The molecule has 0 heterocycles. The van der Waals surface area contributed by atoms with Gasteiger partial charge in [-0.2, -0.15) is 114 Å². The molecule has 4 radical (unpaired) electrons. The van der Waals surface area contributed by atoms with Gasteiger partial charge in [0.15, 0.2) is 0 Å². The average molecular weight is 1170 g/mol. The van der Waals surface area contributed by atoms with Crippen LogP contribution in [0.3, 0.4) is 0 Å². The summed E-state index contributed by atoms with van der Waals surface area (Å²) in [5, 5.41) is 0. The molecular formula is C28H33AlBF26I2N. The van der Waals surface area contributed by atoms with E-state index in [1.165, 1.54) is 32.1 Å². The van der Waals surface area contributed by atoms with Gasteiger partial charge in [0.2, 0.25) is 0 Å². The summed E-state index contributed by atoms with van der Waals surface area (Å²) >= 11 is 2.04. The van der Waals surface area contributed by atoms with Gasteiger partial charge in [0.05, 0.1) is 0 Å². The molecule has 31 heteroatoms. The van der Waals surface area contributed by atoms with Crippen LogP contribution in [0.1, 0.15) is 84.5 Å². The molecule has 0 rings (SSSR count). The van der Waals surface area contributed by atoms with Crippen molar-refractivity contribution in [3.8, 4) is 0 Å². The van der Waals surface area contributed by atoms with Crippen molar-refractivity contribution in [3.63, 3.8) is 0 Å². The van der Waals surface area contributed by atoms with Crippen LogP contribution in [-0.4, -0.2) is 98.0 Å². The fourth-order valence-corrected chi connectivity index (χ4v) is 4.90. The van der Waals surface area contributed by atoms with Crippen LogP contribution in [0.4, 0.5) is 114 Å². The van der Waals surface area contributed by atoms with Crippen molar-refractivity contribution in [2.75, 3.05) is 0 Å². The Kier molecular flexibility index (Phi) is 28.4. The van der Waals surface area contributed by atoms with Crippen LogP contribution in [0, 0.1) is 4.35 Å². The van der Waals surface area contributed by atoms with Gasteiger partial charge in [-0.3, -0.25) is 0 Å². The summed E-state index contributed by atoms with van der Waals surface area (Å²) < 4.78 is 325. The second-order valence-corrected chi connectivity index (χ2v) is 14.7. The maximum atomic E-state index is 13.6. The molecule has 0 aromatic heterocycles. The third kappa shape index (κ3) is 16.1. The second-order valence-electron chi connectivity index (χ2n) is 11.6. The predicted molar refractivity (Wildman–Crippen MR) is 180 cm³/mol. The Hall–Kier alpha value is -0.223. The fourth-order valence-electron chi connectivity index (χ4n) is 3.57. The molecule has 0 aliphatic carbocycles. The second kappa shape index (κ2) is 24.7. The monoisotopic (exact) mass is 1170 g/mol. The van der Waals surface area contributed by atoms with Crippen LogP contribution in [0.15, 0.2) is 12.7 Å². The van der Waals surface area contributed by atoms with Crippen LogP contribution >= 0.6 is 45.2 Å². The molecule has 0 aromatic carbocycles. The number of rotatable bonds is 20. The molecule has 0 amide bonds. The van der Waals surface area contributed by atoms with Gasteiger partial charge >= 0.3 is 90.0 Å². The molecular weight excluding hydrogens is 1140 g/mol. The van der Waals surface area contributed by atoms with E-state index in [-0.39, 0.29) is 21.3 Å². The van der Waals surface area contributed by atoms with Crippen molar-refractivity contribution in [2.24, 2.45) is 0 Å². The first-order chi connectivity index (χ1) is 25.4. The molecule has 0 aliphatic heterocycles. The SMILES string of the molecule is C=CCCCCCC.CCCCCCC(I)CC(F)(F)C(F)(F)C(F)(F)C(F)(F)C(F)(F)C(F)(F)F.FC(F)(F)C(F)(F)C(F)(F)C(F)(F)C(F)(F)C(F)(F)I.[B].[NH]=[Al]. The Morgan fingerprint density at radius 1 is 0.475 bits per heavy atom. The van der Waals surface area contributed by atoms with E-state index in [0.717, 1.165) is 29.0 Å². The maximum absolute atomic E-state index is 13.6. The first-order valence-corrected chi connectivity index (χ1v) is 18.4. The van der Waals surface area contributed by atoms with Crippen molar-refractivity contribution >= 4 is 69.7 Å². The van der Waals surface area contributed by atoms with Gasteiger partial charge in [0, 0.05) is 41.3 Å². The molecule has 1 atom stereocenters. The van der Waals surface area contributed by atoms with Crippen molar-refractivity contribution in [3.05, 3.63) is 12.7 Å². The minimum absolute atomic E-state index is 0. The third-order valence-corrected chi connectivity index (χ3v) is 8.74. The number of hydrogen-bond donors (Lipinski definition) is 1. The van der Waals surface area contributed by atoms with E-state index in [0.29, 0.717) is 12.8 Å². The predicted octanol–water partition coefficient (Wildman–Crippen LogP) is 15.7. The summed E-state index contributed by atoms with van der Waals surface area (Å²) in [6.07, 6.45) is -6.40. The average Bonchev–Trinajstić information content (AvgIpc) is 3.04. The number of nitrogens with one attached hydrogen (secondary N) is 1. The number of hydrogen-bond acceptors (Lipinski definition) is 1. The summed E-state index contributed by atoms with van der Waals surface area (Å²) in [5.41, 5.74) is 0. The Bertz CT molecular complexity index is 1150. The molecule has 1 nitrogen and oxygen atoms in total. The van der Waals surface area contributed by atoms with Crippen LogP contribution < -0.4 is 0 Å². The summed E-state index contributed by atoms with van der Waals surface area (Å²) in [5.74, 6) is -66.7. The molecule has 1 N–H and O–H groups in total. The molecule has 1 unspecified atom stereocenters. The molecule has 0 spiro atoms. The first kappa shape index (κ1) is 67.8. The summed E-state index contributed by atoms with van der Waals surface area (Å²) in [6.45, 7) is 7.68. The van der Waals surface area contributed by atoms with Gasteiger partial charge in [0.1, 0.15) is 0 Å². The molecule has 352 valence electrons. The van der Waals surface area contributed by atoms with Crippen molar-refractivity contribution in [1.29, 1.82) is 4.35 Å². The zero-order chi connectivity index (χ0) is 48.1. The van der Waals surface area contributed by atoms with Crippen molar-refractivity contribution in [1.82, 2.24) is 0 Å². The molecule has 0 aliphatic rings. The van der Waals surface area contributed by atoms with E-state index in [2.05, 4.69) is 13.5 Å². The third-order valence-electron chi connectivity index (χ3n) is 7.00. The van der Waals surface area contributed by atoms with Gasteiger partial charge in [-0.25, -0.2) is 0 Å². The minimum atomic E-state index is -7.83.